The molecule has 33 heavy (non-hydrogen) atoms. The summed E-state index contributed by atoms with van der Waals surface area (Å²) in [6.07, 6.45) is 1.40. The van der Waals surface area contributed by atoms with Crippen molar-refractivity contribution in [3.05, 3.63) is 80.1 Å². The number of benzene rings is 2. The van der Waals surface area contributed by atoms with E-state index in [9.17, 15) is 9.59 Å². The first kappa shape index (κ1) is 21.2. The Kier molecular flexibility index (Phi) is 5.57. The second-order valence-corrected chi connectivity index (χ2v) is 8.25. The van der Waals surface area contributed by atoms with Crippen LogP contribution in [0.4, 0.5) is 17.3 Å². The summed E-state index contributed by atoms with van der Waals surface area (Å²) in [5.74, 6) is 0.280. The topological polar surface area (TPSA) is 108 Å². The first-order valence-corrected chi connectivity index (χ1v) is 11.0. The largest absolute Gasteiger partial charge is 0.369 e. The molecule has 3 N–H and O–H groups in total. The predicted molar refractivity (Wildman–Crippen MR) is 130 cm³/mol. The minimum atomic E-state index is -0.624. The number of nitrogens with one attached hydrogen (secondary N) is 3. The summed E-state index contributed by atoms with van der Waals surface area (Å²) < 4.78 is 0.985. The number of halogens is 1. The fourth-order valence-electron chi connectivity index (χ4n) is 4.04. The normalized spacial score (nSPS) is 13.9. The van der Waals surface area contributed by atoms with Gasteiger partial charge < -0.3 is 15.5 Å². The summed E-state index contributed by atoms with van der Waals surface area (Å²) in [6, 6.07) is 12.7. The highest BCUT2D eigenvalue weighted by Gasteiger charge is 2.15. The summed E-state index contributed by atoms with van der Waals surface area (Å²) in [5.41, 5.74) is 2.45. The van der Waals surface area contributed by atoms with E-state index in [-0.39, 0.29) is 17.0 Å². The van der Waals surface area contributed by atoms with Crippen LogP contribution >= 0.6 is 11.6 Å². The Balaban J connectivity index is 1.46. The van der Waals surface area contributed by atoms with Crippen LogP contribution in [-0.4, -0.2) is 45.7 Å². The second kappa shape index (κ2) is 8.68. The molecular weight excluding hydrogens is 442 g/mol. The van der Waals surface area contributed by atoms with Crippen molar-refractivity contribution in [2.75, 3.05) is 36.4 Å². The second-order valence-electron chi connectivity index (χ2n) is 7.84. The molecule has 0 atom stereocenters. The average molecular weight is 464 g/mol. The van der Waals surface area contributed by atoms with Crippen molar-refractivity contribution < 1.29 is 0 Å². The lowest BCUT2D eigenvalue weighted by atomic mass is 10.1. The molecule has 0 spiro atoms. The van der Waals surface area contributed by atoms with E-state index < -0.39 is 11.2 Å². The minimum Gasteiger partial charge on any atom is -0.369 e. The Bertz CT molecular complexity index is 1460. The number of para-hydroxylation sites is 1. The van der Waals surface area contributed by atoms with E-state index in [0.717, 1.165) is 42.0 Å². The number of hydrogen-bond donors (Lipinski definition) is 3. The number of anilines is 3. The van der Waals surface area contributed by atoms with E-state index in [1.807, 2.05) is 12.1 Å². The van der Waals surface area contributed by atoms with Crippen LogP contribution in [0.15, 0.2) is 58.3 Å². The average Bonchev–Trinajstić information content (AvgIpc) is 2.81. The standard InChI is InChI=1S/C23H22ClN7O2/c1-14-12-15(6-7-18(14)30-10-8-25-9-11-30)27-22-26-13-16-20(28-22)29-23(33)31(21(16)32)19-5-3-2-4-17(19)24/h2-7,12-13,25H,8-11H2,1H3,(H2,26,27,28,29,33). The smallest absolute Gasteiger partial charge is 0.334 e. The highest BCUT2D eigenvalue weighted by molar-refractivity contribution is 6.32. The van der Waals surface area contributed by atoms with E-state index in [1.165, 1.54) is 11.9 Å². The third-order valence-electron chi connectivity index (χ3n) is 5.65. The molecule has 2 aromatic heterocycles. The van der Waals surface area contributed by atoms with Crippen LogP contribution in [0, 0.1) is 6.92 Å². The predicted octanol–water partition coefficient (Wildman–Crippen LogP) is 2.58. The Morgan fingerprint density at radius 2 is 1.85 bits per heavy atom. The molecule has 1 fully saturated rings. The SMILES string of the molecule is Cc1cc(Nc2ncc3c(=O)n(-c4ccccc4Cl)c(=O)[nH]c3n2)ccc1N1CCNCC1. The molecule has 3 heterocycles. The van der Waals surface area contributed by atoms with Crippen molar-refractivity contribution in [1.82, 2.24) is 24.8 Å². The molecular formula is C23H22ClN7O2. The molecule has 1 aliphatic rings. The summed E-state index contributed by atoms with van der Waals surface area (Å²) in [6.45, 7) is 5.96. The molecule has 168 valence electrons. The number of aryl methyl sites for hydroxylation is 1. The van der Waals surface area contributed by atoms with Gasteiger partial charge in [-0.3, -0.25) is 9.78 Å². The van der Waals surface area contributed by atoms with Gasteiger partial charge in [-0.05, 0) is 42.8 Å². The zero-order chi connectivity index (χ0) is 22.9. The molecule has 1 saturated heterocycles. The van der Waals surface area contributed by atoms with Gasteiger partial charge in [-0.1, -0.05) is 23.7 Å². The molecule has 5 rings (SSSR count). The van der Waals surface area contributed by atoms with Gasteiger partial charge in [-0.2, -0.15) is 4.98 Å². The monoisotopic (exact) mass is 463 g/mol. The molecule has 0 bridgehead atoms. The maximum Gasteiger partial charge on any atom is 0.334 e. The van der Waals surface area contributed by atoms with Gasteiger partial charge in [-0.15, -0.1) is 0 Å². The van der Waals surface area contributed by atoms with Crippen molar-refractivity contribution >= 4 is 40.0 Å². The number of rotatable bonds is 4. The van der Waals surface area contributed by atoms with Gasteiger partial charge in [0, 0.05) is 43.8 Å². The van der Waals surface area contributed by atoms with Gasteiger partial charge in [0.05, 0.1) is 10.7 Å². The Morgan fingerprint density at radius 3 is 2.61 bits per heavy atom. The van der Waals surface area contributed by atoms with E-state index in [4.69, 9.17) is 11.6 Å². The lowest BCUT2D eigenvalue weighted by molar-refractivity contribution is 0.588. The fraction of sp³-hybridized carbons (Fsp3) is 0.217. The summed E-state index contributed by atoms with van der Waals surface area (Å²) in [4.78, 5) is 39.3. The van der Waals surface area contributed by atoms with Gasteiger partial charge in [0.15, 0.2) is 5.65 Å². The molecule has 10 heteroatoms. The third-order valence-corrected chi connectivity index (χ3v) is 5.97. The molecule has 0 amide bonds. The highest BCUT2D eigenvalue weighted by atomic mass is 35.5. The number of nitrogens with zero attached hydrogens (tertiary/aromatic N) is 4. The molecule has 0 unspecified atom stereocenters. The first-order valence-electron chi connectivity index (χ1n) is 10.6. The number of hydrogen-bond acceptors (Lipinski definition) is 7. The summed E-state index contributed by atoms with van der Waals surface area (Å²) >= 11 is 6.18. The quantitative estimate of drug-likeness (QED) is 0.427. The van der Waals surface area contributed by atoms with Gasteiger partial charge in [0.1, 0.15) is 5.39 Å². The van der Waals surface area contributed by atoms with Crippen molar-refractivity contribution in [3.8, 4) is 5.69 Å². The number of H-pyrrole nitrogens is 1. The lowest BCUT2D eigenvalue weighted by Crippen LogP contribution is -2.43. The molecule has 2 aromatic carbocycles. The van der Waals surface area contributed by atoms with Gasteiger partial charge >= 0.3 is 5.69 Å². The van der Waals surface area contributed by atoms with Crippen LogP contribution in [0.25, 0.3) is 16.7 Å². The van der Waals surface area contributed by atoms with Crippen molar-refractivity contribution in [1.29, 1.82) is 0 Å². The highest BCUT2D eigenvalue weighted by Crippen LogP contribution is 2.25. The lowest BCUT2D eigenvalue weighted by Gasteiger charge is -2.30. The van der Waals surface area contributed by atoms with Gasteiger partial charge in [-0.25, -0.2) is 14.3 Å². The molecule has 0 radical (unpaired) electrons. The Hall–Kier alpha value is -3.69. The van der Waals surface area contributed by atoms with E-state index in [1.54, 1.807) is 24.3 Å². The Morgan fingerprint density at radius 1 is 1.06 bits per heavy atom. The maximum absolute atomic E-state index is 13.0. The van der Waals surface area contributed by atoms with E-state index >= 15 is 0 Å². The number of fused-ring (bicyclic) bond motifs is 1. The Labute approximate surface area is 194 Å². The van der Waals surface area contributed by atoms with E-state index in [2.05, 4.69) is 43.5 Å². The van der Waals surface area contributed by atoms with Crippen LogP contribution in [-0.2, 0) is 0 Å². The number of piperazine rings is 1. The van der Waals surface area contributed by atoms with Crippen LogP contribution in [0.2, 0.25) is 5.02 Å². The molecule has 0 aliphatic carbocycles. The summed E-state index contributed by atoms with van der Waals surface area (Å²) in [7, 11) is 0. The maximum atomic E-state index is 13.0. The fourth-order valence-corrected chi connectivity index (χ4v) is 4.26. The zero-order valence-electron chi connectivity index (χ0n) is 17.9. The number of aromatic nitrogens is 4. The molecule has 9 nitrogen and oxygen atoms in total. The van der Waals surface area contributed by atoms with Crippen LogP contribution in [0.3, 0.4) is 0 Å². The number of aromatic amines is 1. The van der Waals surface area contributed by atoms with Gasteiger partial charge in [0.25, 0.3) is 5.56 Å². The first-order chi connectivity index (χ1) is 16.0. The van der Waals surface area contributed by atoms with E-state index in [0.29, 0.717) is 10.7 Å². The van der Waals surface area contributed by atoms with Crippen LogP contribution in [0.5, 0.6) is 0 Å². The summed E-state index contributed by atoms with van der Waals surface area (Å²) in [5, 5.41) is 7.00. The van der Waals surface area contributed by atoms with Crippen LogP contribution < -0.4 is 26.8 Å². The van der Waals surface area contributed by atoms with Gasteiger partial charge in [0.2, 0.25) is 5.95 Å². The third kappa shape index (κ3) is 4.08. The molecule has 4 aromatic rings. The van der Waals surface area contributed by atoms with Crippen LogP contribution in [0.1, 0.15) is 5.56 Å². The zero-order valence-corrected chi connectivity index (χ0v) is 18.7. The van der Waals surface area contributed by atoms with Crippen molar-refractivity contribution in [3.63, 3.8) is 0 Å². The van der Waals surface area contributed by atoms with Crippen molar-refractivity contribution in [2.24, 2.45) is 0 Å². The van der Waals surface area contributed by atoms with Crippen molar-refractivity contribution in [2.45, 2.75) is 6.92 Å². The molecule has 0 saturated carbocycles. The molecule has 1 aliphatic heterocycles. The minimum absolute atomic E-state index is 0.153.